The molecule has 5 atom stereocenters. The number of hydrogen-bond donors (Lipinski definition) is 1. The van der Waals surface area contributed by atoms with Gasteiger partial charge in [-0.15, -0.1) is 11.8 Å². The van der Waals surface area contributed by atoms with Crippen molar-refractivity contribution in [3.63, 3.8) is 0 Å². The third-order valence-corrected chi connectivity index (χ3v) is 9.57. The van der Waals surface area contributed by atoms with Crippen LogP contribution in [0.15, 0.2) is 152 Å². The third kappa shape index (κ3) is 7.87. The van der Waals surface area contributed by atoms with Crippen molar-refractivity contribution in [2.45, 2.75) is 55.6 Å². The lowest BCUT2D eigenvalue weighted by Crippen LogP contribution is -2.60. The van der Waals surface area contributed by atoms with Gasteiger partial charge in [0.2, 0.25) is 0 Å². The summed E-state index contributed by atoms with van der Waals surface area (Å²) in [6, 6.07) is 50.8. The molecule has 1 fully saturated rings. The molecular formula is C41H42O5S. The molecule has 0 bridgehead atoms. The minimum atomic E-state index is -1.01. The van der Waals surface area contributed by atoms with Crippen LogP contribution in [0.3, 0.4) is 0 Å². The van der Waals surface area contributed by atoms with Gasteiger partial charge in [-0.3, -0.25) is 0 Å². The summed E-state index contributed by atoms with van der Waals surface area (Å²) in [6.45, 7) is 2.95. The minimum Gasteiger partial charge on any atom is -0.387 e. The summed E-state index contributed by atoms with van der Waals surface area (Å²) in [5, 5.41) is 12.0. The summed E-state index contributed by atoms with van der Waals surface area (Å²) in [5.41, 5.74) is 3.72. The van der Waals surface area contributed by atoms with E-state index in [9.17, 15) is 5.11 Å². The van der Waals surface area contributed by atoms with Crippen LogP contribution in [0.5, 0.6) is 0 Å². The number of hydrogen-bond acceptors (Lipinski definition) is 6. The lowest BCUT2D eigenvalue weighted by atomic mass is 9.80. The number of rotatable bonds is 14. The molecular weight excluding hydrogens is 605 g/mol. The van der Waals surface area contributed by atoms with Gasteiger partial charge < -0.3 is 24.1 Å². The second-order valence-electron chi connectivity index (χ2n) is 11.6. The molecule has 0 saturated carbocycles. The van der Waals surface area contributed by atoms with Gasteiger partial charge in [-0.05, 0) is 33.6 Å². The normalized spacial score (nSPS) is 21.4. The van der Waals surface area contributed by atoms with Crippen LogP contribution in [0.25, 0.3) is 0 Å². The van der Waals surface area contributed by atoms with Crippen LogP contribution < -0.4 is 0 Å². The Morgan fingerprint density at radius 3 is 1.43 bits per heavy atom. The van der Waals surface area contributed by atoms with E-state index in [1.807, 2.05) is 115 Å². The van der Waals surface area contributed by atoms with Gasteiger partial charge in [0.15, 0.2) is 0 Å². The van der Waals surface area contributed by atoms with Gasteiger partial charge in [-0.1, -0.05) is 159 Å². The van der Waals surface area contributed by atoms with Gasteiger partial charge in [-0.25, -0.2) is 0 Å². The van der Waals surface area contributed by atoms with Crippen molar-refractivity contribution in [3.05, 3.63) is 179 Å². The Balaban J connectivity index is 1.33. The van der Waals surface area contributed by atoms with Crippen LogP contribution in [0.1, 0.15) is 34.7 Å². The molecule has 1 heterocycles. The maximum Gasteiger partial charge on any atom is 0.143 e. The van der Waals surface area contributed by atoms with E-state index in [1.165, 1.54) is 0 Å². The highest BCUT2D eigenvalue weighted by Crippen LogP contribution is 2.42. The predicted molar refractivity (Wildman–Crippen MR) is 188 cm³/mol. The molecule has 0 radical (unpaired) electrons. The van der Waals surface area contributed by atoms with Crippen molar-refractivity contribution in [1.29, 1.82) is 0 Å². The van der Waals surface area contributed by atoms with E-state index >= 15 is 0 Å². The van der Waals surface area contributed by atoms with Crippen LogP contribution >= 0.6 is 11.8 Å². The molecule has 5 nitrogen and oxygen atoms in total. The van der Waals surface area contributed by atoms with Crippen LogP contribution in [0, 0.1) is 0 Å². The van der Waals surface area contributed by atoms with E-state index in [-0.39, 0.29) is 12.0 Å². The zero-order chi connectivity index (χ0) is 32.3. The van der Waals surface area contributed by atoms with Gasteiger partial charge in [0, 0.05) is 0 Å². The molecule has 6 rings (SSSR count). The summed E-state index contributed by atoms with van der Waals surface area (Å²) in [7, 11) is 0. The number of benzene rings is 5. The molecule has 1 saturated heterocycles. The molecule has 0 unspecified atom stereocenters. The van der Waals surface area contributed by atoms with Crippen LogP contribution in [0.2, 0.25) is 0 Å². The Kier molecular flexibility index (Phi) is 11.6. The lowest BCUT2D eigenvalue weighted by molar-refractivity contribution is -0.244. The van der Waals surface area contributed by atoms with Crippen LogP contribution in [-0.2, 0) is 37.8 Å². The maximum atomic E-state index is 12.0. The van der Waals surface area contributed by atoms with E-state index in [0.29, 0.717) is 13.2 Å². The SMILES string of the molecule is CCS[C@@H]1O[C@H](COC(c2ccccc2)(c2ccccc2)c2ccccc2)[C@@H](O)[C@H](OCc2ccccc2)[C@H]1OCc1ccccc1. The fraction of sp³-hybridized carbons (Fsp3) is 0.268. The number of aliphatic hydroxyl groups is 1. The summed E-state index contributed by atoms with van der Waals surface area (Å²) in [5.74, 6) is 0.812. The lowest BCUT2D eigenvalue weighted by Gasteiger charge is -2.45. The quantitative estimate of drug-likeness (QED) is 0.123. The minimum absolute atomic E-state index is 0.122. The molecule has 0 aromatic heterocycles. The van der Waals surface area contributed by atoms with Crippen LogP contribution in [-0.4, -0.2) is 47.3 Å². The summed E-state index contributed by atoms with van der Waals surface area (Å²) < 4.78 is 26.9. The molecule has 0 aliphatic carbocycles. The molecule has 5 aromatic rings. The standard InChI is InChI=1S/C41H42O5S/c1-2-47-40-39(44-29-32-20-10-4-11-21-32)38(43-28-31-18-8-3-9-19-31)37(42)36(46-40)30-45-41(33-22-12-5-13-23-33,34-24-14-6-15-25-34)35-26-16-7-17-27-35/h3-27,36-40,42H,2,28-30H2,1H3/t36-,37-,38+,39-,40+/m1/s1. The van der Waals surface area contributed by atoms with E-state index in [0.717, 1.165) is 33.6 Å². The summed E-state index contributed by atoms with van der Waals surface area (Å²) in [4.78, 5) is 0. The van der Waals surface area contributed by atoms with E-state index in [4.69, 9.17) is 18.9 Å². The first-order valence-electron chi connectivity index (χ1n) is 16.3. The molecule has 0 spiro atoms. The third-order valence-electron chi connectivity index (χ3n) is 8.53. The fourth-order valence-electron chi connectivity index (χ4n) is 6.20. The van der Waals surface area contributed by atoms with Crippen molar-refractivity contribution in [2.75, 3.05) is 12.4 Å². The second-order valence-corrected chi connectivity index (χ2v) is 13.0. The Labute approximate surface area is 282 Å². The largest absolute Gasteiger partial charge is 0.387 e. The van der Waals surface area contributed by atoms with Gasteiger partial charge >= 0.3 is 0 Å². The Bertz CT molecular complexity index is 1510. The predicted octanol–water partition coefficient (Wildman–Crippen LogP) is 8.00. The van der Waals surface area contributed by atoms with Crippen molar-refractivity contribution in [1.82, 2.24) is 0 Å². The Morgan fingerprint density at radius 2 is 1.00 bits per heavy atom. The first-order chi connectivity index (χ1) is 23.2. The van der Waals surface area contributed by atoms with E-state index in [1.54, 1.807) is 11.8 Å². The zero-order valence-corrected chi connectivity index (χ0v) is 27.5. The van der Waals surface area contributed by atoms with Crippen molar-refractivity contribution in [3.8, 4) is 0 Å². The maximum absolute atomic E-state index is 12.0. The van der Waals surface area contributed by atoms with E-state index < -0.39 is 30.0 Å². The van der Waals surface area contributed by atoms with Crippen molar-refractivity contribution >= 4 is 11.8 Å². The molecule has 6 heteroatoms. The Morgan fingerprint density at radius 1 is 0.596 bits per heavy atom. The number of aliphatic hydroxyl groups excluding tert-OH is 1. The van der Waals surface area contributed by atoms with Crippen molar-refractivity contribution in [2.24, 2.45) is 0 Å². The average Bonchev–Trinajstić information content (AvgIpc) is 3.14. The van der Waals surface area contributed by atoms with Gasteiger partial charge in [0.25, 0.3) is 0 Å². The topological polar surface area (TPSA) is 57.2 Å². The second kappa shape index (κ2) is 16.4. The molecule has 1 N–H and O–H groups in total. The molecule has 5 aromatic carbocycles. The first kappa shape index (κ1) is 33.2. The summed E-state index contributed by atoms with van der Waals surface area (Å²) in [6.07, 6.45) is -2.83. The fourth-order valence-corrected chi connectivity index (χ4v) is 7.18. The van der Waals surface area contributed by atoms with Crippen molar-refractivity contribution < 1.29 is 24.1 Å². The number of thioether (sulfide) groups is 1. The molecule has 1 aliphatic heterocycles. The highest BCUT2D eigenvalue weighted by atomic mass is 32.2. The molecule has 47 heavy (non-hydrogen) atoms. The summed E-state index contributed by atoms with van der Waals surface area (Å²) >= 11 is 1.66. The van der Waals surface area contributed by atoms with E-state index in [2.05, 4.69) is 43.3 Å². The van der Waals surface area contributed by atoms with Gasteiger partial charge in [-0.2, -0.15) is 0 Å². The first-order valence-corrected chi connectivity index (χ1v) is 17.3. The highest BCUT2D eigenvalue weighted by Gasteiger charge is 2.48. The molecule has 242 valence electrons. The average molecular weight is 647 g/mol. The van der Waals surface area contributed by atoms with Crippen LogP contribution in [0.4, 0.5) is 0 Å². The van der Waals surface area contributed by atoms with Gasteiger partial charge in [0.1, 0.15) is 35.5 Å². The smallest absolute Gasteiger partial charge is 0.143 e. The number of ether oxygens (including phenoxy) is 4. The highest BCUT2D eigenvalue weighted by molar-refractivity contribution is 7.99. The monoisotopic (exact) mass is 646 g/mol. The molecule has 1 aliphatic rings. The zero-order valence-electron chi connectivity index (χ0n) is 26.6. The van der Waals surface area contributed by atoms with Gasteiger partial charge in [0.05, 0.1) is 19.8 Å². The molecule has 0 amide bonds. The Hall–Kier alpha value is -3.75.